The minimum absolute atomic E-state index is 0.0523. The molecule has 0 amide bonds. The summed E-state index contributed by atoms with van der Waals surface area (Å²) >= 11 is 0. The summed E-state index contributed by atoms with van der Waals surface area (Å²) in [5.74, 6) is 0.635. The molecular formula is C22H24N6O4S. The van der Waals surface area contributed by atoms with E-state index in [1.165, 1.54) is 20.3 Å². The van der Waals surface area contributed by atoms with Crippen LogP contribution in [0.3, 0.4) is 0 Å². The molecule has 4 aromatic rings. The number of hydrogen-bond acceptors (Lipinski definition) is 7. The number of sulfonamides is 1. The molecule has 5 rings (SSSR count). The van der Waals surface area contributed by atoms with Crippen molar-refractivity contribution in [3.8, 4) is 23.0 Å². The topological polar surface area (TPSA) is 115 Å². The van der Waals surface area contributed by atoms with Crippen molar-refractivity contribution in [2.75, 3.05) is 27.3 Å². The standard InChI is InChI=1S/C22H24N6O4S/c1-14-8-18(15-9-17(11-23-10-15)33(30,31)26(2)3)24-19-12-27(22(29)21(14)19)20-4-6-28(25-20)16-5-7-32-13-16/h4,6,8-12,16,29H,5,7,13H2,1-3H3. The number of rotatable bonds is 5. The van der Waals surface area contributed by atoms with Crippen LogP contribution in [0.15, 0.2) is 47.9 Å². The molecule has 1 fully saturated rings. The van der Waals surface area contributed by atoms with E-state index in [1.54, 1.807) is 23.0 Å². The lowest BCUT2D eigenvalue weighted by atomic mass is 10.1. The van der Waals surface area contributed by atoms with Crippen LogP contribution >= 0.6 is 0 Å². The molecule has 1 aliphatic heterocycles. The molecule has 0 saturated carbocycles. The van der Waals surface area contributed by atoms with E-state index < -0.39 is 10.0 Å². The van der Waals surface area contributed by atoms with Gasteiger partial charge < -0.3 is 9.84 Å². The number of aryl methyl sites for hydroxylation is 1. The molecule has 0 spiro atoms. The highest BCUT2D eigenvalue weighted by atomic mass is 32.2. The molecule has 1 unspecified atom stereocenters. The summed E-state index contributed by atoms with van der Waals surface area (Å²) < 4.78 is 35.1. The summed E-state index contributed by atoms with van der Waals surface area (Å²) in [6, 6.07) is 5.39. The largest absolute Gasteiger partial charge is 0.494 e. The maximum Gasteiger partial charge on any atom is 0.244 e. The third-order valence-electron chi connectivity index (χ3n) is 5.86. The molecule has 0 bridgehead atoms. The fourth-order valence-corrected chi connectivity index (χ4v) is 4.90. The van der Waals surface area contributed by atoms with Gasteiger partial charge in [0.15, 0.2) is 5.82 Å². The van der Waals surface area contributed by atoms with Crippen LogP contribution in [-0.4, -0.2) is 69.5 Å². The number of nitrogens with zero attached hydrogens (tertiary/aromatic N) is 6. The lowest BCUT2D eigenvalue weighted by Gasteiger charge is -2.12. The second kappa shape index (κ2) is 7.94. The van der Waals surface area contributed by atoms with Gasteiger partial charge in [-0.05, 0) is 31.0 Å². The Bertz CT molecular complexity index is 1450. The molecule has 1 aliphatic rings. The molecule has 1 N–H and O–H groups in total. The van der Waals surface area contributed by atoms with Crippen LogP contribution in [-0.2, 0) is 14.8 Å². The van der Waals surface area contributed by atoms with Gasteiger partial charge in [0.05, 0.1) is 29.2 Å². The van der Waals surface area contributed by atoms with Gasteiger partial charge in [0.25, 0.3) is 0 Å². The zero-order valence-electron chi connectivity index (χ0n) is 18.5. The Kier molecular flexibility index (Phi) is 5.19. The summed E-state index contributed by atoms with van der Waals surface area (Å²) in [7, 11) is -0.674. The zero-order chi connectivity index (χ0) is 23.3. The van der Waals surface area contributed by atoms with Gasteiger partial charge in [-0.2, -0.15) is 5.10 Å². The van der Waals surface area contributed by atoms with Gasteiger partial charge in [-0.1, -0.05) is 0 Å². The first-order valence-corrected chi connectivity index (χ1v) is 11.9. The molecule has 0 aliphatic carbocycles. The van der Waals surface area contributed by atoms with Crippen LogP contribution in [0.5, 0.6) is 5.88 Å². The van der Waals surface area contributed by atoms with Crippen molar-refractivity contribution in [3.05, 3.63) is 48.5 Å². The third kappa shape index (κ3) is 3.67. The highest BCUT2D eigenvalue weighted by Gasteiger charge is 2.22. The summed E-state index contributed by atoms with van der Waals surface area (Å²) in [6.45, 7) is 3.22. The predicted molar refractivity (Wildman–Crippen MR) is 122 cm³/mol. The van der Waals surface area contributed by atoms with Crippen molar-refractivity contribution in [1.82, 2.24) is 28.6 Å². The minimum Gasteiger partial charge on any atom is -0.494 e. The lowest BCUT2D eigenvalue weighted by Crippen LogP contribution is -2.22. The molecule has 5 heterocycles. The van der Waals surface area contributed by atoms with E-state index >= 15 is 0 Å². The van der Waals surface area contributed by atoms with E-state index in [-0.39, 0.29) is 16.8 Å². The molecule has 11 heteroatoms. The Morgan fingerprint density at radius 2 is 2.06 bits per heavy atom. The fourth-order valence-electron chi connectivity index (χ4n) is 4.01. The highest BCUT2D eigenvalue weighted by molar-refractivity contribution is 7.89. The van der Waals surface area contributed by atoms with Crippen LogP contribution in [0.1, 0.15) is 18.0 Å². The Balaban J connectivity index is 1.57. The van der Waals surface area contributed by atoms with Crippen molar-refractivity contribution in [2.24, 2.45) is 0 Å². The van der Waals surface area contributed by atoms with Crippen molar-refractivity contribution >= 4 is 20.9 Å². The van der Waals surface area contributed by atoms with Gasteiger partial charge in [-0.15, -0.1) is 0 Å². The lowest BCUT2D eigenvalue weighted by molar-refractivity contribution is 0.184. The number of ether oxygens (including phenoxy) is 1. The first-order chi connectivity index (χ1) is 15.8. The van der Waals surface area contributed by atoms with Gasteiger partial charge in [0, 0.05) is 57.1 Å². The van der Waals surface area contributed by atoms with Crippen molar-refractivity contribution in [1.29, 1.82) is 0 Å². The number of fused-ring (bicyclic) bond motifs is 1. The number of pyridine rings is 2. The number of hydrogen-bond donors (Lipinski definition) is 1. The Morgan fingerprint density at radius 3 is 2.79 bits per heavy atom. The van der Waals surface area contributed by atoms with E-state index in [0.717, 1.165) is 22.9 Å². The van der Waals surface area contributed by atoms with Gasteiger partial charge in [0.1, 0.15) is 4.90 Å². The SMILES string of the molecule is Cc1cc(-c2cncc(S(=O)(=O)N(C)C)c2)nc2cn(-c3ccn(C4CCOC4)n3)c(O)c12. The monoisotopic (exact) mass is 468 g/mol. The van der Waals surface area contributed by atoms with Crippen LogP contribution in [0.2, 0.25) is 0 Å². The van der Waals surface area contributed by atoms with Gasteiger partial charge in [-0.3, -0.25) is 14.2 Å². The van der Waals surface area contributed by atoms with Crippen molar-refractivity contribution in [2.45, 2.75) is 24.3 Å². The van der Waals surface area contributed by atoms with Gasteiger partial charge >= 0.3 is 0 Å². The van der Waals surface area contributed by atoms with Crippen LogP contribution in [0.25, 0.3) is 28.0 Å². The molecule has 1 saturated heterocycles. The summed E-state index contributed by atoms with van der Waals surface area (Å²) in [5, 5.41) is 16.2. The van der Waals surface area contributed by atoms with Gasteiger partial charge in [-0.25, -0.2) is 17.7 Å². The van der Waals surface area contributed by atoms with Crippen LogP contribution < -0.4 is 0 Å². The van der Waals surface area contributed by atoms with E-state index in [1.807, 2.05) is 29.9 Å². The Hall–Kier alpha value is -3.28. The van der Waals surface area contributed by atoms with E-state index in [4.69, 9.17) is 4.74 Å². The minimum atomic E-state index is -3.62. The molecule has 33 heavy (non-hydrogen) atoms. The smallest absolute Gasteiger partial charge is 0.244 e. The zero-order valence-corrected chi connectivity index (χ0v) is 19.3. The average molecular weight is 469 g/mol. The van der Waals surface area contributed by atoms with Gasteiger partial charge in [0.2, 0.25) is 15.9 Å². The third-order valence-corrected chi connectivity index (χ3v) is 7.64. The summed E-state index contributed by atoms with van der Waals surface area (Å²) in [6.07, 6.45) is 7.41. The molecule has 0 radical (unpaired) electrons. The number of aromatic hydroxyl groups is 1. The van der Waals surface area contributed by atoms with Crippen molar-refractivity contribution < 1.29 is 18.3 Å². The Labute approximate surface area is 191 Å². The molecule has 0 aromatic carbocycles. The maximum atomic E-state index is 12.5. The van der Waals surface area contributed by atoms with Crippen molar-refractivity contribution in [3.63, 3.8) is 0 Å². The first-order valence-electron chi connectivity index (χ1n) is 10.5. The van der Waals surface area contributed by atoms with Crippen LogP contribution in [0.4, 0.5) is 0 Å². The average Bonchev–Trinajstić information content (AvgIpc) is 3.53. The fraction of sp³-hybridized carbons (Fsp3) is 0.318. The summed E-state index contributed by atoms with van der Waals surface area (Å²) in [5.41, 5.74) is 2.51. The Morgan fingerprint density at radius 1 is 1.24 bits per heavy atom. The van der Waals surface area contributed by atoms with E-state index in [9.17, 15) is 13.5 Å². The summed E-state index contributed by atoms with van der Waals surface area (Å²) in [4.78, 5) is 8.88. The first kappa shape index (κ1) is 21.6. The molecule has 1 atom stereocenters. The molecule has 172 valence electrons. The highest BCUT2D eigenvalue weighted by Crippen LogP contribution is 2.34. The molecule has 10 nitrogen and oxygen atoms in total. The molecule has 4 aromatic heterocycles. The predicted octanol–water partition coefficient (Wildman–Crippen LogP) is 2.51. The second-order valence-electron chi connectivity index (χ2n) is 8.28. The van der Waals surface area contributed by atoms with E-state index in [0.29, 0.717) is 34.6 Å². The van der Waals surface area contributed by atoms with E-state index in [2.05, 4.69) is 15.1 Å². The number of aromatic nitrogens is 5. The van der Waals surface area contributed by atoms with Crippen LogP contribution in [0, 0.1) is 6.92 Å². The normalized spacial score (nSPS) is 16.8. The second-order valence-corrected chi connectivity index (χ2v) is 10.4. The molecular weight excluding hydrogens is 444 g/mol. The quantitative estimate of drug-likeness (QED) is 0.478. The maximum absolute atomic E-state index is 12.5.